The molecule has 0 aliphatic rings. The topological polar surface area (TPSA) is 78.5 Å². The molecule has 0 aliphatic carbocycles. The van der Waals surface area contributed by atoms with Gasteiger partial charge < -0.3 is 15.6 Å². The lowest BCUT2D eigenvalue weighted by atomic mass is 10.3. The minimum Gasteiger partial charge on any atom is -0.368 e. The highest BCUT2D eigenvalue weighted by molar-refractivity contribution is 5.84. The summed E-state index contributed by atoms with van der Waals surface area (Å²) in [6.45, 7) is 2.97. The third kappa shape index (κ3) is 2.54. The average molecular weight is 268 g/mol. The lowest BCUT2D eigenvalue weighted by molar-refractivity contribution is 0.969. The molecular weight excluding hydrogens is 252 g/mol. The number of hydrogen-bond acceptors (Lipinski definition) is 5. The molecule has 3 rings (SSSR count). The van der Waals surface area contributed by atoms with Gasteiger partial charge in [-0.3, -0.25) is 0 Å². The fourth-order valence-corrected chi connectivity index (χ4v) is 1.91. The van der Waals surface area contributed by atoms with Gasteiger partial charge in [-0.05, 0) is 18.6 Å². The largest absolute Gasteiger partial charge is 0.368 e. The molecule has 3 N–H and O–H groups in total. The van der Waals surface area contributed by atoms with Gasteiger partial charge in [0.05, 0.1) is 6.33 Å². The molecule has 0 bridgehead atoms. The molecule has 0 fully saturated rings. The number of aromatic nitrogens is 4. The first-order chi connectivity index (χ1) is 9.86. The van der Waals surface area contributed by atoms with Gasteiger partial charge in [0.1, 0.15) is 5.52 Å². The predicted molar refractivity (Wildman–Crippen MR) is 80.2 cm³/mol. The molecule has 2 aromatic heterocycles. The van der Waals surface area contributed by atoms with Gasteiger partial charge in [0.15, 0.2) is 11.5 Å². The molecule has 0 spiro atoms. The predicted octanol–water partition coefficient (Wildman–Crippen LogP) is 2.92. The van der Waals surface area contributed by atoms with E-state index in [1.165, 1.54) is 0 Å². The van der Waals surface area contributed by atoms with Gasteiger partial charge in [0.25, 0.3) is 0 Å². The third-order valence-electron chi connectivity index (χ3n) is 2.86. The molecule has 0 saturated carbocycles. The third-order valence-corrected chi connectivity index (χ3v) is 2.86. The normalized spacial score (nSPS) is 10.7. The van der Waals surface area contributed by atoms with Gasteiger partial charge in [-0.2, -0.15) is 9.97 Å². The molecule has 0 aliphatic heterocycles. The number of para-hydroxylation sites is 1. The molecule has 2 heterocycles. The molecule has 6 nitrogen and oxygen atoms in total. The van der Waals surface area contributed by atoms with Gasteiger partial charge in [0, 0.05) is 12.2 Å². The van der Waals surface area contributed by atoms with Crippen molar-refractivity contribution in [3.63, 3.8) is 0 Å². The van der Waals surface area contributed by atoms with Crippen molar-refractivity contribution in [1.29, 1.82) is 0 Å². The summed E-state index contributed by atoms with van der Waals surface area (Å²) in [6.07, 6.45) is 2.66. The number of benzene rings is 1. The maximum absolute atomic E-state index is 4.50. The van der Waals surface area contributed by atoms with Crippen LogP contribution in [0.15, 0.2) is 36.7 Å². The quantitative estimate of drug-likeness (QED) is 0.663. The summed E-state index contributed by atoms with van der Waals surface area (Å²) < 4.78 is 0. The molecule has 1 aromatic carbocycles. The van der Waals surface area contributed by atoms with E-state index in [0.717, 1.165) is 30.0 Å². The molecule has 3 aromatic rings. The number of rotatable bonds is 5. The minimum absolute atomic E-state index is 0.536. The highest BCUT2D eigenvalue weighted by atomic mass is 15.2. The summed E-state index contributed by atoms with van der Waals surface area (Å²) in [5.41, 5.74) is 2.43. The fourth-order valence-electron chi connectivity index (χ4n) is 1.91. The Kier molecular flexibility index (Phi) is 3.45. The number of nitrogens with zero attached hydrogens (tertiary/aromatic N) is 3. The van der Waals surface area contributed by atoms with Crippen molar-refractivity contribution in [2.75, 3.05) is 17.2 Å². The van der Waals surface area contributed by atoms with Crippen molar-refractivity contribution in [3.05, 3.63) is 36.7 Å². The van der Waals surface area contributed by atoms with Crippen LogP contribution < -0.4 is 10.6 Å². The van der Waals surface area contributed by atoms with Crippen molar-refractivity contribution < 1.29 is 0 Å². The van der Waals surface area contributed by atoms with E-state index in [-0.39, 0.29) is 0 Å². The van der Waals surface area contributed by atoms with Crippen LogP contribution in [0.25, 0.3) is 11.2 Å². The van der Waals surface area contributed by atoms with E-state index in [1.807, 2.05) is 30.3 Å². The number of anilines is 3. The van der Waals surface area contributed by atoms with Crippen LogP contribution in [0, 0.1) is 0 Å². The second kappa shape index (κ2) is 5.56. The zero-order chi connectivity index (χ0) is 13.8. The number of fused-ring (bicyclic) bond motifs is 1. The zero-order valence-corrected chi connectivity index (χ0v) is 11.2. The van der Waals surface area contributed by atoms with Gasteiger partial charge in [-0.1, -0.05) is 25.1 Å². The smallest absolute Gasteiger partial charge is 0.231 e. The fraction of sp³-hybridized carbons (Fsp3) is 0.214. The molecule has 0 saturated heterocycles. The van der Waals surface area contributed by atoms with E-state index in [0.29, 0.717) is 11.6 Å². The van der Waals surface area contributed by atoms with Gasteiger partial charge >= 0.3 is 0 Å². The van der Waals surface area contributed by atoms with Gasteiger partial charge in [-0.15, -0.1) is 0 Å². The van der Waals surface area contributed by atoms with Crippen LogP contribution in [0.5, 0.6) is 0 Å². The van der Waals surface area contributed by atoms with E-state index in [2.05, 4.69) is 37.5 Å². The first-order valence-corrected chi connectivity index (χ1v) is 6.64. The van der Waals surface area contributed by atoms with Gasteiger partial charge in [-0.25, -0.2) is 4.98 Å². The second-order valence-electron chi connectivity index (χ2n) is 4.41. The Bertz CT molecular complexity index is 691. The number of H-pyrrole nitrogens is 1. The first-order valence-electron chi connectivity index (χ1n) is 6.64. The molecule has 20 heavy (non-hydrogen) atoms. The Balaban J connectivity index is 1.94. The standard InChI is InChI=1S/C14H16N6/c1-2-8-15-12-11-13(17-9-16-11)20-14(19-12)18-10-6-4-3-5-7-10/h3-7,9H,2,8H2,1H3,(H3,15,16,17,18,19,20). The van der Waals surface area contributed by atoms with Crippen molar-refractivity contribution in [3.8, 4) is 0 Å². The SMILES string of the molecule is CCCNc1nc(Nc2ccccc2)nc2nc[nH]c12. The maximum atomic E-state index is 4.50. The molecule has 0 unspecified atom stereocenters. The molecule has 0 radical (unpaired) electrons. The van der Waals surface area contributed by atoms with E-state index in [9.17, 15) is 0 Å². The Labute approximate surface area is 116 Å². The monoisotopic (exact) mass is 268 g/mol. The van der Waals surface area contributed by atoms with Crippen molar-refractivity contribution >= 4 is 28.6 Å². The van der Waals surface area contributed by atoms with E-state index < -0.39 is 0 Å². The van der Waals surface area contributed by atoms with Crippen molar-refractivity contribution in [2.24, 2.45) is 0 Å². The highest BCUT2D eigenvalue weighted by Gasteiger charge is 2.09. The van der Waals surface area contributed by atoms with Crippen LogP contribution in [-0.2, 0) is 0 Å². The maximum Gasteiger partial charge on any atom is 0.231 e. The van der Waals surface area contributed by atoms with Crippen LogP contribution in [0.2, 0.25) is 0 Å². The lowest BCUT2D eigenvalue weighted by Crippen LogP contribution is -2.06. The zero-order valence-electron chi connectivity index (χ0n) is 11.2. The number of imidazole rings is 1. The number of aromatic amines is 1. The van der Waals surface area contributed by atoms with Crippen LogP contribution in [-0.4, -0.2) is 26.5 Å². The van der Waals surface area contributed by atoms with Crippen molar-refractivity contribution in [1.82, 2.24) is 19.9 Å². The van der Waals surface area contributed by atoms with E-state index >= 15 is 0 Å². The van der Waals surface area contributed by atoms with Crippen LogP contribution in [0.3, 0.4) is 0 Å². The summed E-state index contributed by atoms with van der Waals surface area (Å²) >= 11 is 0. The molecule has 0 amide bonds. The van der Waals surface area contributed by atoms with Crippen LogP contribution >= 0.6 is 0 Å². The Morgan fingerprint density at radius 1 is 1.15 bits per heavy atom. The summed E-state index contributed by atoms with van der Waals surface area (Å²) in [7, 11) is 0. The summed E-state index contributed by atoms with van der Waals surface area (Å²) in [5.74, 6) is 1.31. The molecule has 102 valence electrons. The van der Waals surface area contributed by atoms with Gasteiger partial charge in [0.2, 0.25) is 5.95 Å². The summed E-state index contributed by atoms with van der Waals surface area (Å²) in [6, 6.07) is 9.84. The van der Waals surface area contributed by atoms with Crippen LogP contribution in [0.4, 0.5) is 17.5 Å². The first kappa shape index (κ1) is 12.4. The second-order valence-corrected chi connectivity index (χ2v) is 4.41. The number of nitrogens with one attached hydrogen (secondary N) is 3. The molecule has 0 atom stereocenters. The van der Waals surface area contributed by atoms with E-state index in [1.54, 1.807) is 6.33 Å². The highest BCUT2D eigenvalue weighted by Crippen LogP contribution is 2.20. The van der Waals surface area contributed by atoms with E-state index in [4.69, 9.17) is 0 Å². The Morgan fingerprint density at radius 3 is 2.80 bits per heavy atom. The average Bonchev–Trinajstić information content (AvgIpc) is 2.94. The number of hydrogen-bond donors (Lipinski definition) is 3. The molecular formula is C14H16N6. The summed E-state index contributed by atoms with van der Waals surface area (Å²) in [4.78, 5) is 16.2. The van der Waals surface area contributed by atoms with Crippen molar-refractivity contribution in [2.45, 2.75) is 13.3 Å². The Morgan fingerprint density at radius 2 is 2.00 bits per heavy atom. The lowest BCUT2D eigenvalue weighted by Gasteiger charge is -2.08. The van der Waals surface area contributed by atoms with Crippen LogP contribution in [0.1, 0.15) is 13.3 Å². The minimum atomic E-state index is 0.536. The molecule has 6 heteroatoms. The Hall–Kier alpha value is -2.63. The summed E-state index contributed by atoms with van der Waals surface area (Å²) in [5, 5.41) is 6.47.